The fourth-order valence-electron chi connectivity index (χ4n) is 1.73. The van der Waals surface area contributed by atoms with Gasteiger partial charge in [-0.2, -0.15) is 5.26 Å². The van der Waals surface area contributed by atoms with Crippen LogP contribution in [0.1, 0.15) is 26.3 Å². The molecule has 0 fully saturated rings. The van der Waals surface area contributed by atoms with Crippen molar-refractivity contribution < 1.29 is 9.66 Å². The lowest BCUT2D eigenvalue weighted by Crippen LogP contribution is -2.08. The molecule has 0 aliphatic carbocycles. The SMILES string of the molecule is CC.CCOc1cc2[nH]cc(C#N)c(=O)c2cc1[N+](=O)[O-]. The Hall–Kier alpha value is -2.88. The van der Waals surface area contributed by atoms with Gasteiger partial charge in [-0.3, -0.25) is 14.9 Å². The summed E-state index contributed by atoms with van der Waals surface area (Å²) in [5, 5.41) is 19.8. The van der Waals surface area contributed by atoms with E-state index in [1.165, 1.54) is 12.3 Å². The quantitative estimate of drug-likeness (QED) is 0.690. The van der Waals surface area contributed by atoms with E-state index in [4.69, 9.17) is 10.00 Å². The average Bonchev–Trinajstić information content (AvgIpc) is 2.49. The highest BCUT2D eigenvalue weighted by Crippen LogP contribution is 2.30. The van der Waals surface area contributed by atoms with Crippen molar-refractivity contribution in [3.8, 4) is 11.8 Å². The van der Waals surface area contributed by atoms with E-state index in [0.717, 1.165) is 6.07 Å². The Kier molecular flexibility index (Phi) is 5.43. The number of nitro benzene ring substituents is 1. The molecule has 2 aromatic rings. The number of fused-ring (bicyclic) bond motifs is 1. The lowest BCUT2D eigenvalue weighted by atomic mass is 10.1. The molecule has 1 aromatic carbocycles. The van der Waals surface area contributed by atoms with E-state index in [0.29, 0.717) is 5.52 Å². The molecule has 1 aromatic heterocycles. The van der Waals surface area contributed by atoms with Crippen molar-refractivity contribution in [3.63, 3.8) is 0 Å². The number of hydrogen-bond acceptors (Lipinski definition) is 5. The van der Waals surface area contributed by atoms with Crippen LogP contribution in [0, 0.1) is 21.4 Å². The molecule has 7 heteroatoms. The first-order chi connectivity index (χ1) is 10.1. The molecule has 110 valence electrons. The number of nitrogens with one attached hydrogen (secondary N) is 1. The lowest BCUT2D eigenvalue weighted by Gasteiger charge is -2.06. The summed E-state index contributed by atoms with van der Waals surface area (Å²) in [6.45, 7) is 5.97. The molecule has 0 saturated heterocycles. The zero-order valence-electron chi connectivity index (χ0n) is 12.0. The van der Waals surface area contributed by atoms with Gasteiger partial charge in [0, 0.05) is 18.3 Å². The maximum absolute atomic E-state index is 11.9. The molecule has 1 heterocycles. The molecule has 1 N–H and O–H groups in total. The largest absolute Gasteiger partial charge is 0.487 e. The third-order valence-electron chi connectivity index (χ3n) is 2.58. The molecule has 7 nitrogen and oxygen atoms in total. The standard InChI is InChI=1S/C12H9N3O4.C2H6/c1-2-19-11-4-9-8(3-10(11)15(17)18)12(16)7(5-13)6-14-9;1-2/h3-4,6H,2H2,1H3,(H,14,16);1-2H3. The fourth-order valence-corrected chi connectivity index (χ4v) is 1.73. The molecule has 2 rings (SSSR count). The highest BCUT2D eigenvalue weighted by atomic mass is 16.6. The van der Waals surface area contributed by atoms with Crippen LogP contribution in [0.3, 0.4) is 0 Å². The Morgan fingerprint density at radius 1 is 1.43 bits per heavy atom. The maximum atomic E-state index is 11.9. The normalized spacial score (nSPS) is 9.43. The van der Waals surface area contributed by atoms with E-state index >= 15 is 0 Å². The number of aromatic amines is 1. The van der Waals surface area contributed by atoms with Gasteiger partial charge in [0.25, 0.3) is 0 Å². The molecular weight excluding hydrogens is 274 g/mol. The number of nitriles is 1. The molecule has 0 amide bonds. The second-order valence-corrected chi connectivity index (χ2v) is 3.70. The molecule has 0 aliphatic heterocycles. The van der Waals surface area contributed by atoms with Crippen LogP contribution in [-0.4, -0.2) is 16.5 Å². The summed E-state index contributed by atoms with van der Waals surface area (Å²) in [4.78, 5) is 25.0. The van der Waals surface area contributed by atoms with Crippen molar-refractivity contribution in [1.29, 1.82) is 5.26 Å². The van der Waals surface area contributed by atoms with Gasteiger partial charge in [0.2, 0.25) is 5.43 Å². The van der Waals surface area contributed by atoms with Crippen LogP contribution in [0.15, 0.2) is 23.1 Å². The molecule has 0 bridgehead atoms. The molecule has 21 heavy (non-hydrogen) atoms. The van der Waals surface area contributed by atoms with Crippen molar-refractivity contribution in [2.24, 2.45) is 0 Å². The van der Waals surface area contributed by atoms with Crippen molar-refractivity contribution in [3.05, 3.63) is 44.2 Å². The number of benzene rings is 1. The molecule has 0 atom stereocenters. The smallest absolute Gasteiger partial charge is 0.311 e. The van der Waals surface area contributed by atoms with Crippen molar-refractivity contribution in [2.45, 2.75) is 20.8 Å². The fraction of sp³-hybridized carbons (Fsp3) is 0.286. The van der Waals surface area contributed by atoms with Gasteiger partial charge < -0.3 is 9.72 Å². The molecule has 0 radical (unpaired) electrons. The number of nitro groups is 1. The minimum Gasteiger partial charge on any atom is -0.487 e. The molecular formula is C14H15N3O4. The number of nitrogens with zero attached hydrogens (tertiary/aromatic N) is 2. The zero-order valence-corrected chi connectivity index (χ0v) is 12.0. The predicted octanol–water partition coefficient (Wildman–Crippen LogP) is 2.73. The number of hydrogen-bond donors (Lipinski definition) is 1. The van der Waals surface area contributed by atoms with Crippen molar-refractivity contribution >= 4 is 16.6 Å². The second kappa shape index (κ2) is 7.05. The van der Waals surface area contributed by atoms with Crippen LogP contribution in [0.25, 0.3) is 10.9 Å². The third-order valence-corrected chi connectivity index (χ3v) is 2.58. The monoisotopic (exact) mass is 289 g/mol. The minimum atomic E-state index is -0.622. The highest BCUT2D eigenvalue weighted by Gasteiger charge is 2.18. The Labute approximate surface area is 120 Å². The summed E-state index contributed by atoms with van der Waals surface area (Å²) in [5.41, 5.74) is -0.540. The van der Waals surface area contributed by atoms with E-state index in [1.54, 1.807) is 13.0 Å². The Balaban J connectivity index is 0.00000106. The van der Waals surface area contributed by atoms with Crippen molar-refractivity contribution in [2.75, 3.05) is 6.61 Å². The lowest BCUT2D eigenvalue weighted by molar-refractivity contribution is -0.385. The summed E-state index contributed by atoms with van der Waals surface area (Å²) in [6.07, 6.45) is 1.27. The number of rotatable bonds is 3. The van der Waals surface area contributed by atoms with Gasteiger partial charge in [-0.15, -0.1) is 0 Å². The summed E-state index contributed by atoms with van der Waals surface area (Å²) < 4.78 is 5.17. The summed E-state index contributed by atoms with van der Waals surface area (Å²) in [6, 6.07) is 4.24. The average molecular weight is 289 g/mol. The second-order valence-electron chi connectivity index (χ2n) is 3.70. The molecule has 0 unspecified atom stereocenters. The van der Waals surface area contributed by atoms with E-state index in [1.807, 2.05) is 13.8 Å². The maximum Gasteiger partial charge on any atom is 0.311 e. The van der Waals surface area contributed by atoms with Gasteiger partial charge >= 0.3 is 5.69 Å². The van der Waals surface area contributed by atoms with Gasteiger partial charge in [0.1, 0.15) is 11.6 Å². The highest BCUT2D eigenvalue weighted by molar-refractivity contribution is 5.84. The van der Waals surface area contributed by atoms with Crippen LogP contribution >= 0.6 is 0 Å². The Morgan fingerprint density at radius 3 is 2.62 bits per heavy atom. The van der Waals surface area contributed by atoms with Crippen LogP contribution in [0.2, 0.25) is 0 Å². The summed E-state index contributed by atoms with van der Waals surface area (Å²) in [5.74, 6) is 0.0837. The molecule has 0 spiro atoms. The van der Waals surface area contributed by atoms with E-state index in [-0.39, 0.29) is 29.0 Å². The predicted molar refractivity (Wildman–Crippen MR) is 78.5 cm³/mol. The van der Waals surface area contributed by atoms with E-state index in [9.17, 15) is 14.9 Å². The van der Waals surface area contributed by atoms with Crippen LogP contribution < -0.4 is 10.2 Å². The van der Waals surface area contributed by atoms with E-state index < -0.39 is 10.4 Å². The topological polar surface area (TPSA) is 109 Å². The number of aromatic nitrogens is 1. The number of ether oxygens (including phenoxy) is 1. The Bertz CT molecular complexity index is 759. The molecule has 0 saturated carbocycles. The first-order valence-electron chi connectivity index (χ1n) is 6.45. The summed E-state index contributed by atoms with van der Waals surface area (Å²) in [7, 11) is 0. The van der Waals surface area contributed by atoms with Crippen LogP contribution in [0.4, 0.5) is 5.69 Å². The van der Waals surface area contributed by atoms with Gasteiger partial charge in [0.15, 0.2) is 5.75 Å². The summed E-state index contributed by atoms with van der Waals surface area (Å²) >= 11 is 0. The zero-order chi connectivity index (χ0) is 16.0. The van der Waals surface area contributed by atoms with Gasteiger partial charge in [0.05, 0.1) is 22.4 Å². The number of pyridine rings is 1. The first kappa shape index (κ1) is 16.2. The van der Waals surface area contributed by atoms with Crippen molar-refractivity contribution in [1.82, 2.24) is 4.98 Å². The third kappa shape index (κ3) is 3.17. The van der Waals surface area contributed by atoms with E-state index in [2.05, 4.69) is 4.98 Å². The van der Waals surface area contributed by atoms with Crippen LogP contribution in [0.5, 0.6) is 5.75 Å². The number of H-pyrrole nitrogens is 1. The van der Waals surface area contributed by atoms with Gasteiger partial charge in [-0.25, -0.2) is 0 Å². The minimum absolute atomic E-state index is 0.0837. The van der Waals surface area contributed by atoms with Crippen LogP contribution in [-0.2, 0) is 0 Å². The van der Waals surface area contributed by atoms with Gasteiger partial charge in [-0.05, 0) is 6.92 Å². The Morgan fingerprint density at radius 2 is 2.10 bits per heavy atom. The van der Waals surface area contributed by atoms with Gasteiger partial charge in [-0.1, -0.05) is 13.8 Å². The first-order valence-corrected chi connectivity index (χ1v) is 6.45. The molecule has 0 aliphatic rings.